The molecule has 0 saturated carbocycles. The summed E-state index contributed by atoms with van der Waals surface area (Å²) >= 11 is 0. The molecule has 94 valence electrons. The molecule has 7 nitrogen and oxygen atoms in total. The van der Waals surface area contributed by atoms with Gasteiger partial charge >= 0.3 is 6.01 Å². The molecule has 1 aromatic heterocycles. The van der Waals surface area contributed by atoms with E-state index in [2.05, 4.69) is 15.0 Å². The van der Waals surface area contributed by atoms with E-state index in [1.807, 2.05) is 4.90 Å². The Hall–Kier alpha value is -1.63. The number of aromatic nitrogens is 3. The molecule has 1 aromatic rings. The predicted molar refractivity (Wildman–Crippen MR) is 62.8 cm³/mol. The lowest BCUT2D eigenvalue weighted by molar-refractivity contribution is 0.208. The van der Waals surface area contributed by atoms with E-state index in [0.29, 0.717) is 5.95 Å². The van der Waals surface area contributed by atoms with Gasteiger partial charge in [-0.3, -0.25) is 0 Å². The highest BCUT2D eigenvalue weighted by Crippen LogP contribution is 2.21. The summed E-state index contributed by atoms with van der Waals surface area (Å²) in [6.07, 6.45) is 2.05. The lowest BCUT2D eigenvalue weighted by Gasteiger charge is -2.31. The lowest BCUT2D eigenvalue weighted by atomic mass is 9.99. The number of nitrogens with two attached hydrogens (primary N) is 1. The zero-order valence-corrected chi connectivity index (χ0v) is 9.83. The van der Waals surface area contributed by atoms with E-state index in [1.54, 1.807) is 0 Å². The quantitative estimate of drug-likeness (QED) is 0.745. The number of hydrogen-bond donors (Lipinski definition) is 2. The van der Waals surface area contributed by atoms with Crippen molar-refractivity contribution in [2.24, 2.45) is 5.92 Å². The van der Waals surface area contributed by atoms with Crippen molar-refractivity contribution >= 4 is 11.9 Å². The largest absolute Gasteiger partial charge is 0.467 e. The van der Waals surface area contributed by atoms with Crippen molar-refractivity contribution in [3.8, 4) is 6.01 Å². The Morgan fingerprint density at radius 1 is 1.47 bits per heavy atom. The van der Waals surface area contributed by atoms with Crippen molar-refractivity contribution in [3.63, 3.8) is 0 Å². The first-order valence-corrected chi connectivity index (χ1v) is 5.64. The summed E-state index contributed by atoms with van der Waals surface area (Å²) in [7, 11) is 1.49. The van der Waals surface area contributed by atoms with Crippen molar-refractivity contribution < 1.29 is 9.84 Å². The first kappa shape index (κ1) is 11.8. The van der Waals surface area contributed by atoms with Gasteiger partial charge in [-0.05, 0) is 18.8 Å². The van der Waals surface area contributed by atoms with Crippen molar-refractivity contribution in [2.75, 3.05) is 37.4 Å². The third kappa shape index (κ3) is 2.73. The lowest BCUT2D eigenvalue weighted by Crippen LogP contribution is -2.38. The minimum absolute atomic E-state index is 0.151. The molecule has 0 aliphatic carbocycles. The smallest absolute Gasteiger partial charge is 0.322 e. The molecule has 0 spiro atoms. The van der Waals surface area contributed by atoms with E-state index in [4.69, 9.17) is 10.5 Å². The van der Waals surface area contributed by atoms with Crippen molar-refractivity contribution in [2.45, 2.75) is 12.8 Å². The second kappa shape index (κ2) is 5.13. The molecule has 2 heterocycles. The number of hydrogen-bond acceptors (Lipinski definition) is 7. The van der Waals surface area contributed by atoms with Crippen LogP contribution in [0.5, 0.6) is 6.01 Å². The summed E-state index contributed by atoms with van der Waals surface area (Å²) in [5.74, 6) is 0.943. The van der Waals surface area contributed by atoms with E-state index in [1.165, 1.54) is 7.11 Å². The van der Waals surface area contributed by atoms with Gasteiger partial charge in [-0.15, -0.1) is 0 Å². The molecule has 3 N–H and O–H groups in total. The van der Waals surface area contributed by atoms with Crippen LogP contribution < -0.4 is 15.4 Å². The maximum Gasteiger partial charge on any atom is 0.322 e. The number of methoxy groups -OCH3 is 1. The van der Waals surface area contributed by atoms with Crippen LogP contribution in [0.25, 0.3) is 0 Å². The summed E-state index contributed by atoms with van der Waals surface area (Å²) < 4.78 is 4.96. The summed E-state index contributed by atoms with van der Waals surface area (Å²) in [6, 6.07) is 0.221. The van der Waals surface area contributed by atoms with Gasteiger partial charge in [0.05, 0.1) is 7.11 Å². The first-order valence-electron chi connectivity index (χ1n) is 5.64. The molecule has 0 bridgehead atoms. The topological polar surface area (TPSA) is 97.4 Å². The molecule has 0 radical (unpaired) electrons. The Balaban J connectivity index is 2.18. The number of aliphatic hydroxyl groups is 1. The zero-order valence-electron chi connectivity index (χ0n) is 9.83. The van der Waals surface area contributed by atoms with Gasteiger partial charge in [-0.1, -0.05) is 0 Å². The Kier molecular flexibility index (Phi) is 3.58. The van der Waals surface area contributed by atoms with Gasteiger partial charge in [0.15, 0.2) is 0 Å². The van der Waals surface area contributed by atoms with Crippen LogP contribution in [-0.2, 0) is 0 Å². The molecule has 1 saturated heterocycles. The first-order chi connectivity index (χ1) is 8.22. The maximum absolute atomic E-state index is 9.18. The molecular weight excluding hydrogens is 222 g/mol. The number of piperidine rings is 1. The van der Waals surface area contributed by atoms with Crippen LogP contribution in [0, 0.1) is 5.92 Å². The number of nitrogen functional groups attached to an aromatic ring is 1. The van der Waals surface area contributed by atoms with Crippen molar-refractivity contribution in [1.29, 1.82) is 0 Å². The zero-order chi connectivity index (χ0) is 12.3. The number of rotatable bonds is 3. The molecule has 1 aliphatic heterocycles. The average Bonchev–Trinajstić information content (AvgIpc) is 2.38. The minimum Gasteiger partial charge on any atom is -0.467 e. The standard InChI is InChI=1S/C10H17N5O2/c1-17-10-13-8(11)12-9(14-10)15-4-2-3-7(5-15)6-16/h7,16H,2-6H2,1H3,(H2,11,12,13,14). The summed E-state index contributed by atoms with van der Waals surface area (Å²) in [5, 5.41) is 9.18. The highest BCUT2D eigenvalue weighted by molar-refractivity contribution is 5.36. The van der Waals surface area contributed by atoms with E-state index in [-0.39, 0.29) is 24.5 Å². The van der Waals surface area contributed by atoms with Crippen LogP contribution in [0.3, 0.4) is 0 Å². The van der Waals surface area contributed by atoms with Crippen LogP contribution in [0.1, 0.15) is 12.8 Å². The fraction of sp³-hybridized carbons (Fsp3) is 0.700. The fourth-order valence-electron chi connectivity index (χ4n) is 1.99. The van der Waals surface area contributed by atoms with E-state index in [0.717, 1.165) is 25.9 Å². The fourth-order valence-corrected chi connectivity index (χ4v) is 1.99. The molecule has 2 rings (SSSR count). The summed E-state index contributed by atoms with van der Waals surface area (Å²) in [4.78, 5) is 14.1. The van der Waals surface area contributed by atoms with Crippen LogP contribution in [0.4, 0.5) is 11.9 Å². The summed E-state index contributed by atoms with van der Waals surface area (Å²) in [5.41, 5.74) is 5.59. The van der Waals surface area contributed by atoms with Gasteiger partial charge < -0.3 is 20.5 Å². The van der Waals surface area contributed by atoms with Crippen LogP contribution in [0.15, 0.2) is 0 Å². The molecule has 1 aliphatic rings. The third-order valence-electron chi connectivity index (χ3n) is 2.86. The SMILES string of the molecule is COc1nc(N)nc(N2CCCC(CO)C2)n1. The Labute approximate surface area is 99.6 Å². The van der Waals surface area contributed by atoms with Gasteiger partial charge in [0, 0.05) is 19.7 Å². The molecule has 1 fully saturated rings. The van der Waals surface area contributed by atoms with E-state index in [9.17, 15) is 5.11 Å². The minimum atomic E-state index is 0.151. The maximum atomic E-state index is 9.18. The second-order valence-corrected chi connectivity index (χ2v) is 4.12. The molecular formula is C10H17N5O2. The van der Waals surface area contributed by atoms with Gasteiger partial charge in [0.25, 0.3) is 0 Å². The van der Waals surface area contributed by atoms with E-state index < -0.39 is 0 Å². The van der Waals surface area contributed by atoms with Crippen LogP contribution in [-0.4, -0.2) is 46.9 Å². The normalized spacial score (nSPS) is 20.4. The van der Waals surface area contributed by atoms with Crippen LogP contribution >= 0.6 is 0 Å². The number of anilines is 2. The molecule has 1 atom stereocenters. The molecule has 7 heteroatoms. The van der Waals surface area contributed by atoms with Crippen molar-refractivity contribution in [1.82, 2.24) is 15.0 Å². The van der Waals surface area contributed by atoms with Crippen molar-refractivity contribution in [3.05, 3.63) is 0 Å². The molecule has 17 heavy (non-hydrogen) atoms. The van der Waals surface area contributed by atoms with Gasteiger partial charge in [0.2, 0.25) is 11.9 Å². The Morgan fingerprint density at radius 3 is 3.00 bits per heavy atom. The van der Waals surface area contributed by atoms with Gasteiger partial charge in [-0.2, -0.15) is 15.0 Å². The van der Waals surface area contributed by atoms with Gasteiger partial charge in [0.1, 0.15) is 0 Å². The number of ether oxygens (including phenoxy) is 1. The van der Waals surface area contributed by atoms with Crippen LogP contribution in [0.2, 0.25) is 0 Å². The molecule has 0 aromatic carbocycles. The van der Waals surface area contributed by atoms with Gasteiger partial charge in [-0.25, -0.2) is 0 Å². The Bertz CT molecular complexity index is 387. The number of nitrogens with zero attached hydrogens (tertiary/aromatic N) is 4. The molecule has 0 amide bonds. The Morgan fingerprint density at radius 2 is 2.29 bits per heavy atom. The molecule has 1 unspecified atom stereocenters. The van der Waals surface area contributed by atoms with E-state index >= 15 is 0 Å². The highest BCUT2D eigenvalue weighted by atomic mass is 16.5. The monoisotopic (exact) mass is 239 g/mol. The summed E-state index contributed by atoms with van der Waals surface area (Å²) in [6.45, 7) is 1.79. The third-order valence-corrected chi connectivity index (χ3v) is 2.86. The highest BCUT2D eigenvalue weighted by Gasteiger charge is 2.22. The number of aliphatic hydroxyl groups excluding tert-OH is 1. The average molecular weight is 239 g/mol. The second-order valence-electron chi connectivity index (χ2n) is 4.12. The predicted octanol–water partition coefficient (Wildman–Crippen LogP) is -0.329.